The van der Waals surface area contributed by atoms with E-state index in [0.717, 1.165) is 25.7 Å². The van der Waals surface area contributed by atoms with E-state index in [1.807, 2.05) is 0 Å². The lowest BCUT2D eigenvalue weighted by molar-refractivity contribution is -0.158. The van der Waals surface area contributed by atoms with Crippen molar-refractivity contribution >= 4 is 5.78 Å². The smallest absolute Gasteiger partial charge is 0.139 e. The molecule has 2 aliphatic rings. The summed E-state index contributed by atoms with van der Waals surface area (Å²) in [5, 5.41) is 0. The molecule has 1 nitrogen and oxygen atoms in total. The third-order valence-corrected chi connectivity index (χ3v) is 4.67. The second-order valence-electron chi connectivity index (χ2n) is 5.51. The van der Waals surface area contributed by atoms with Gasteiger partial charge in [-0.05, 0) is 37.0 Å². The van der Waals surface area contributed by atoms with Crippen molar-refractivity contribution in [2.75, 3.05) is 0 Å². The van der Waals surface area contributed by atoms with Crippen molar-refractivity contribution in [2.45, 2.75) is 52.9 Å². The predicted molar refractivity (Wildman–Crippen MR) is 53.5 cm³/mol. The maximum Gasteiger partial charge on any atom is 0.139 e. The Balaban J connectivity index is 2.29. The van der Waals surface area contributed by atoms with Gasteiger partial charge in [-0.2, -0.15) is 0 Å². The molecule has 0 spiro atoms. The van der Waals surface area contributed by atoms with Crippen LogP contribution < -0.4 is 0 Å². The number of hydrogen-bond acceptors (Lipinski definition) is 1. The highest BCUT2D eigenvalue weighted by atomic mass is 16.1. The van der Waals surface area contributed by atoms with Gasteiger partial charge >= 0.3 is 0 Å². The molecule has 2 rings (SSSR count). The maximum absolute atomic E-state index is 11.9. The van der Waals surface area contributed by atoms with E-state index >= 15 is 0 Å². The molecule has 0 amide bonds. The Bertz CT molecular complexity index is 238. The van der Waals surface area contributed by atoms with Crippen molar-refractivity contribution in [3.8, 4) is 0 Å². The van der Waals surface area contributed by atoms with Crippen molar-refractivity contribution in [2.24, 2.45) is 16.7 Å². The quantitative estimate of drug-likeness (QED) is 0.605. The molecule has 0 aliphatic heterocycles. The van der Waals surface area contributed by atoms with Crippen molar-refractivity contribution in [1.82, 2.24) is 0 Å². The fourth-order valence-corrected chi connectivity index (χ4v) is 3.59. The molecule has 0 aromatic carbocycles. The standard InChI is InChI=1S/C12H20O/c1-4-12-8-5-9(12)11(2,3)7-6-10(12)13/h9H,4-8H2,1-3H3. The minimum absolute atomic E-state index is 0.113. The Kier molecular flexibility index (Phi) is 1.84. The van der Waals surface area contributed by atoms with Crippen LogP contribution in [0.1, 0.15) is 52.9 Å². The Morgan fingerprint density at radius 1 is 1.38 bits per heavy atom. The van der Waals surface area contributed by atoms with Crippen LogP contribution >= 0.6 is 0 Å². The highest BCUT2D eigenvalue weighted by molar-refractivity contribution is 5.87. The lowest BCUT2D eigenvalue weighted by Crippen LogP contribution is -2.55. The maximum atomic E-state index is 11.9. The van der Waals surface area contributed by atoms with E-state index in [9.17, 15) is 4.79 Å². The summed E-state index contributed by atoms with van der Waals surface area (Å²) < 4.78 is 0. The van der Waals surface area contributed by atoms with Gasteiger partial charge in [0, 0.05) is 11.8 Å². The highest BCUT2D eigenvalue weighted by Crippen LogP contribution is 2.62. The second-order valence-corrected chi connectivity index (χ2v) is 5.51. The molecule has 0 aromatic heterocycles. The van der Waals surface area contributed by atoms with E-state index in [4.69, 9.17) is 0 Å². The van der Waals surface area contributed by atoms with Crippen LogP contribution in [0.25, 0.3) is 0 Å². The van der Waals surface area contributed by atoms with Gasteiger partial charge in [-0.3, -0.25) is 4.79 Å². The topological polar surface area (TPSA) is 17.1 Å². The zero-order valence-corrected chi connectivity index (χ0v) is 9.02. The molecule has 1 heteroatoms. The monoisotopic (exact) mass is 180 g/mol. The molecule has 0 saturated heterocycles. The minimum atomic E-state index is 0.113. The van der Waals surface area contributed by atoms with E-state index in [2.05, 4.69) is 20.8 Å². The zero-order valence-electron chi connectivity index (χ0n) is 9.02. The number of Topliss-reactive ketones (excluding diaryl/α,β-unsaturated/α-hetero) is 1. The molecule has 0 N–H and O–H groups in total. The minimum Gasteiger partial charge on any atom is -0.299 e. The number of carbonyl (C=O) groups is 1. The summed E-state index contributed by atoms with van der Waals surface area (Å²) in [5.74, 6) is 1.25. The summed E-state index contributed by atoms with van der Waals surface area (Å²) in [6.45, 7) is 6.87. The van der Waals surface area contributed by atoms with E-state index in [-0.39, 0.29) is 5.41 Å². The number of ketones is 1. The van der Waals surface area contributed by atoms with Crippen LogP contribution in [-0.4, -0.2) is 5.78 Å². The molecule has 2 unspecified atom stereocenters. The van der Waals surface area contributed by atoms with Crippen molar-refractivity contribution in [1.29, 1.82) is 0 Å². The molecular formula is C12H20O. The first-order chi connectivity index (χ1) is 6.03. The first-order valence-electron chi connectivity index (χ1n) is 5.56. The first kappa shape index (κ1) is 9.23. The molecule has 13 heavy (non-hydrogen) atoms. The molecule has 0 heterocycles. The average molecular weight is 180 g/mol. The first-order valence-corrected chi connectivity index (χ1v) is 5.56. The second kappa shape index (κ2) is 2.59. The SMILES string of the molecule is CCC12CCC1C(C)(C)CCC2=O. The van der Waals surface area contributed by atoms with Crippen molar-refractivity contribution in [3.63, 3.8) is 0 Å². The molecule has 2 fully saturated rings. The van der Waals surface area contributed by atoms with Crippen molar-refractivity contribution in [3.05, 3.63) is 0 Å². The summed E-state index contributed by atoms with van der Waals surface area (Å²) in [5.41, 5.74) is 0.532. The molecule has 0 radical (unpaired) electrons. The molecule has 2 saturated carbocycles. The molecule has 2 aliphatic carbocycles. The van der Waals surface area contributed by atoms with Gasteiger partial charge in [0.2, 0.25) is 0 Å². The number of rotatable bonds is 1. The molecule has 0 bridgehead atoms. The van der Waals surface area contributed by atoms with Crippen LogP contribution in [0.15, 0.2) is 0 Å². The van der Waals surface area contributed by atoms with Gasteiger partial charge in [0.25, 0.3) is 0 Å². The third kappa shape index (κ3) is 1.02. The van der Waals surface area contributed by atoms with Crippen LogP contribution in [0.5, 0.6) is 0 Å². The van der Waals surface area contributed by atoms with E-state index < -0.39 is 0 Å². The highest BCUT2D eigenvalue weighted by Gasteiger charge is 2.58. The van der Waals surface area contributed by atoms with Gasteiger partial charge in [0.15, 0.2) is 0 Å². The Morgan fingerprint density at radius 3 is 2.46 bits per heavy atom. The van der Waals surface area contributed by atoms with Crippen LogP contribution in [0.4, 0.5) is 0 Å². The van der Waals surface area contributed by atoms with Gasteiger partial charge in [0.1, 0.15) is 5.78 Å². The predicted octanol–water partition coefficient (Wildman–Crippen LogP) is 3.18. The molecule has 2 atom stereocenters. The van der Waals surface area contributed by atoms with E-state index in [1.165, 1.54) is 6.42 Å². The summed E-state index contributed by atoms with van der Waals surface area (Å²) in [4.78, 5) is 11.9. The molecule has 74 valence electrons. The van der Waals surface area contributed by atoms with Crippen LogP contribution in [0.3, 0.4) is 0 Å². The number of fused-ring (bicyclic) bond motifs is 1. The Morgan fingerprint density at radius 2 is 2.08 bits per heavy atom. The number of hydrogen-bond donors (Lipinski definition) is 0. The van der Waals surface area contributed by atoms with E-state index in [0.29, 0.717) is 17.1 Å². The summed E-state index contributed by atoms with van der Waals surface area (Å²) in [7, 11) is 0. The summed E-state index contributed by atoms with van der Waals surface area (Å²) in [6.07, 6.45) is 5.46. The van der Waals surface area contributed by atoms with Gasteiger partial charge in [-0.25, -0.2) is 0 Å². The van der Waals surface area contributed by atoms with Gasteiger partial charge in [-0.15, -0.1) is 0 Å². The van der Waals surface area contributed by atoms with Crippen LogP contribution in [-0.2, 0) is 4.79 Å². The molecular weight excluding hydrogens is 160 g/mol. The Labute approximate surface area is 80.9 Å². The molecule has 0 aromatic rings. The van der Waals surface area contributed by atoms with Gasteiger partial charge in [-0.1, -0.05) is 20.8 Å². The van der Waals surface area contributed by atoms with Crippen LogP contribution in [0, 0.1) is 16.7 Å². The lowest BCUT2D eigenvalue weighted by atomic mass is 9.44. The normalized spacial score (nSPS) is 42.4. The number of carbonyl (C=O) groups excluding carboxylic acids is 1. The summed E-state index contributed by atoms with van der Waals surface area (Å²) in [6, 6.07) is 0. The van der Waals surface area contributed by atoms with Gasteiger partial charge in [0.05, 0.1) is 0 Å². The fourth-order valence-electron chi connectivity index (χ4n) is 3.59. The largest absolute Gasteiger partial charge is 0.299 e. The van der Waals surface area contributed by atoms with E-state index in [1.54, 1.807) is 0 Å². The van der Waals surface area contributed by atoms with Crippen molar-refractivity contribution < 1.29 is 4.79 Å². The lowest BCUT2D eigenvalue weighted by Gasteiger charge is -2.58. The third-order valence-electron chi connectivity index (χ3n) is 4.67. The zero-order chi connectivity index (χ0) is 9.69. The fraction of sp³-hybridized carbons (Fsp3) is 0.917. The van der Waals surface area contributed by atoms with Crippen LogP contribution in [0.2, 0.25) is 0 Å². The summed E-state index contributed by atoms with van der Waals surface area (Å²) >= 11 is 0. The Hall–Kier alpha value is -0.330. The average Bonchev–Trinajstić information content (AvgIpc) is 1.98. The van der Waals surface area contributed by atoms with Gasteiger partial charge < -0.3 is 0 Å².